The van der Waals surface area contributed by atoms with Gasteiger partial charge in [-0.25, -0.2) is 4.79 Å². The highest BCUT2D eigenvalue weighted by Gasteiger charge is 2.44. The zero-order chi connectivity index (χ0) is 29.3. The molecule has 11 heteroatoms. The van der Waals surface area contributed by atoms with Crippen molar-refractivity contribution in [3.05, 3.63) is 78.4 Å². The van der Waals surface area contributed by atoms with Crippen LogP contribution in [0.5, 0.6) is 5.75 Å². The summed E-state index contributed by atoms with van der Waals surface area (Å²) in [6.07, 6.45) is -5.61. The van der Waals surface area contributed by atoms with Crippen LogP contribution in [0.15, 0.2) is 72.8 Å². The quantitative estimate of drug-likeness (QED) is 0.228. The van der Waals surface area contributed by atoms with Crippen molar-refractivity contribution in [3.63, 3.8) is 0 Å². The Morgan fingerprint density at radius 1 is 1.02 bits per heavy atom. The molecule has 1 atom stereocenters. The molecule has 220 valence electrons. The molecule has 1 aliphatic carbocycles. The van der Waals surface area contributed by atoms with Gasteiger partial charge in [0, 0.05) is 34.3 Å². The fourth-order valence-corrected chi connectivity index (χ4v) is 5.31. The first-order valence-corrected chi connectivity index (χ1v) is 13.8. The summed E-state index contributed by atoms with van der Waals surface area (Å²) in [4.78, 5) is 12.4. The van der Waals surface area contributed by atoms with Crippen molar-refractivity contribution in [2.45, 2.75) is 43.9 Å². The van der Waals surface area contributed by atoms with Crippen molar-refractivity contribution >= 4 is 28.4 Å². The third-order valence-electron chi connectivity index (χ3n) is 7.56. The molecule has 1 aliphatic heterocycles. The molecule has 2 heterocycles. The Bertz CT molecular complexity index is 1550. The molecule has 8 nitrogen and oxygen atoms in total. The summed E-state index contributed by atoms with van der Waals surface area (Å²) >= 11 is 0. The van der Waals surface area contributed by atoms with Gasteiger partial charge in [-0.15, -0.1) is 0 Å². The van der Waals surface area contributed by atoms with Gasteiger partial charge in [0.1, 0.15) is 12.4 Å². The molecule has 4 aromatic rings. The maximum absolute atomic E-state index is 13.6. The summed E-state index contributed by atoms with van der Waals surface area (Å²) in [6.45, 7) is 1.38. The van der Waals surface area contributed by atoms with Gasteiger partial charge in [-0.3, -0.25) is 5.32 Å². The second-order valence-corrected chi connectivity index (χ2v) is 10.3. The van der Waals surface area contributed by atoms with E-state index in [2.05, 4.69) is 9.88 Å². The van der Waals surface area contributed by atoms with Crippen LogP contribution in [0.2, 0.25) is 0 Å². The highest BCUT2D eigenvalue weighted by atomic mass is 19.4. The zero-order valence-corrected chi connectivity index (χ0v) is 22.6. The number of carbonyl (C=O) groups excluding carboxylic acids is 1. The molecule has 1 unspecified atom stereocenters. The topological polar surface area (TPSA) is 97.0 Å². The number of nitrogen functional groups attached to an aromatic ring is 1. The molecule has 1 amide bonds. The first-order chi connectivity index (χ1) is 20.3. The molecule has 2 fully saturated rings. The van der Waals surface area contributed by atoms with Crippen LogP contribution in [0.4, 0.5) is 29.3 Å². The van der Waals surface area contributed by atoms with E-state index in [9.17, 15) is 18.0 Å². The molecular weight excluding hydrogens is 551 g/mol. The predicted molar refractivity (Wildman–Crippen MR) is 151 cm³/mol. The summed E-state index contributed by atoms with van der Waals surface area (Å²) in [7, 11) is 0. The van der Waals surface area contributed by atoms with Crippen molar-refractivity contribution < 1.29 is 36.9 Å². The fourth-order valence-electron chi connectivity index (χ4n) is 5.31. The SMILES string of the molecule is Nc1c(-c2ccc(NC(=O)OC(c3ccccc3)C(F)(F)F)cc2)n(C2CCC2)c2cc(OCC3OCCO3)ccc12. The molecule has 3 N–H and O–H groups in total. The van der Waals surface area contributed by atoms with Crippen molar-refractivity contribution in [3.8, 4) is 17.0 Å². The minimum atomic E-state index is -4.77. The Morgan fingerprint density at radius 3 is 2.38 bits per heavy atom. The van der Waals surface area contributed by atoms with Crippen molar-refractivity contribution in [1.29, 1.82) is 0 Å². The van der Waals surface area contributed by atoms with E-state index in [1.807, 2.05) is 18.2 Å². The van der Waals surface area contributed by atoms with Gasteiger partial charge in [0.15, 0.2) is 6.29 Å². The maximum atomic E-state index is 13.6. The number of anilines is 2. The molecule has 0 bridgehead atoms. The summed E-state index contributed by atoms with van der Waals surface area (Å²) in [5.74, 6) is 0.678. The number of carbonyl (C=O) groups is 1. The molecule has 6 rings (SSSR count). The first kappa shape index (κ1) is 27.9. The van der Waals surface area contributed by atoms with E-state index >= 15 is 0 Å². The van der Waals surface area contributed by atoms with E-state index in [1.54, 1.807) is 30.3 Å². The number of nitrogens with two attached hydrogens (primary N) is 1. The number of amides is 1. The number of rotatable bonds is 8. The zero-order valence-electron chi connectivity index (χ0n) is 22.6. The number of halogens is 3. The third kappa shape index (κ3) is 5.75. The first-order valence-electron chi connectivity index (χ1n) is 13.8. The van der Waals surface area contributed by atoms with Gasteiger partial charge in [0.25, 0.3) is 0 Å². The van der Waals surface area contributed by atoms with E-state index in [4.69, 9.17) is 24.7 Å². The molecule has 0 radical (unpaired) electrons. The fraction of sp³-hybridized carbons (Fsp3) is 0.323. The van der Waals surface area contributed by atoms with Crippen LogP contribution in [0.1, 0.15) is 37.0 Å². The van der Waals surface area contributed by atoms with Gasteiger partial charge in [0.2, 0.25) is 6.10 Å². The normalized spacial score (nSPS) is 16.7. The summed E-state index contributed by atoms with van der Waals surface area (Å²) in [6, 6.07) is 19.8. The predicted octanol–water partition coefficient (Wildman–Crippen LogP) is 7.22. The summed E-state index contributed by atoms with van der Waals surface area (Å²) < 4.78 is 64.7. The number of benzene rings is 3. The van der Waals surface area contributed by atoms with Crippen LogP contribution in [0, 0.1) is 0 Å². The van der Waals surface area contributed by atoms with Gasteiger partial charge < -0.3 is 29.2 Å². The number of aromatic nitrogens is 1. The molecular formula is C31H30F3N3O5. The second-order valence-electron chi connectivity index (χ2n) is 10.3. The number of nitrogens with one attached hydrogen (secondary N) is 1. The van der Waals surface area contributed by atoms with Crippen LogP contribution in [-0.2, 0) is 14.2 Å². The second kappa shape index (κ2) is 11.6. The number of alkyl halides is 3. The lowest BCUT2D eigenvalue weighted by Crippen LogP contribution is -2.28. The number of hydrogen-bond donors (Lipinski definition) is 2. The Balaban J connectivity index is 1.23. The largest absolute Gasteiger partial charge is 0.488 e. The van der Waals surface area contributed by atoms with Crippen LogP contribution >= 0.6 is 0 Å². The number of fused-ring (bicyclic) bond motifs is 1. The lowest BCUT2D eigenvalue weighted by atomic mass is 9.92. The summed E-state index contributed by atoms with van der Waals surface area (Å²) in [5.41, 5.74) is 10.0. The minimum Gasteiger partial charge on any atom is -0.488 e. The number of nitrogens with zero attached hydrogens (tertiary/aromatic N) is 1. The standard InChI is InChI=1S/C31H30F3N3O5/c32-31(33,34)29(20-5-2-1-3-6-20)42-30(38)36-21-11-9-19(10-12-21)28-27(35)24-14-13-23(41-18-26-39-15-16-40-26)17-25(24)37(28)22-7-4-8-22/h1-3,5-6,9-14,17,22,26,29H,4,7-8,15-16,18,35H2,(H,36,38). The lowest BCUT2D eigenvalue weighted by Gasteiger charge is -2.30. The van der Waals surface area contributed by atoms with E-state index in [-0.39, 0.29) is 30.2 Å². The Hall–Kier alpha value is -4.22. The van der Waals surface area contributed by atoms with Gasteiger partial charge in [-0.2, -0.15) is 13.2 Å². The summed E-state index contributed by atoms with van der Waals surface area (Å²) in [5, 5.41) is 3.29. The van der Waals surface area contributed by atoms with Crippen LogP contribution in [0.25, 0.3) is 22.2 Å². The lowest BCUT2D eigenvalue weighted by molar-refractivity contribution is -0.205. The van der Waals surface area contributed by atoms with Gasteiger partial charge in [0.05, 0.1) is 30.1 Å². The van der Waals surface area contributed by atoms with E-state index in [1.165, 1.54) is 24.3 Å². The molecule has 42 heavy (non-hydrogen) atoms. The van der Waals surface area contributed by atoms with Crippen molar-refractivity contribution in [2.24, 2.45) is 0 Å². The van der Waals surface area contributed by atoms with Crippen LogP contribution in [-0.4, -0.2) is 42.9 Å². The Morgan fingerprint density at radius 2 is 1.74 bits per heavy atom. The van der Waals surface area contributed by atoms with E-state index in [0.717, 1.165) is 41.4 Å². The van der Waals surface area contributed by atoms with Crippen LogP contribution < -0.4 is 15.8 Å². The molecule has 2 aliphatic rings. The van der Waals surface area contributed by atoms with Gasteiger partial charge in [-0.05, 0) is 43.5 Å². The average molecular weight is 582 g/mol. The highest BCUT2D eigenvalue weighted by Crippen LogP contribution is 2.45. The van der Waals surface area contributed by atoms with Crippen molar-refractivity contribution in [1.82, 2.24) is 4.57 Å². The van der Waals surface area contributed by atoms with E-state index < -0.39 is 18.4 Å². The Kier molecular flexibility index (Phi) is 7.70. The van der Waals surface area contributed by atoms with Crippen molar-refractivity contribution in [2.75, 3.05) is 30.9 Å². The molecule has 1 saturated heterocycles. The van der Waals surface area contributed by atoms with Crippen LogP contribution in [0.3, 0.4) is 0 Å². The average Bonchev–Trinajstić information content (AvgIpc) is 3.57. The van der Waals surface area contributed by atoms with E-state index in [0.29, 0.717) is 24.7 Å². The number of hydrogen-bond acceptors (Lipinski definition) is 6. The Labute approximate surface area is 240 Å². The molecule has 3 aromatic carbocycles. The number of ether oxygens (including phenoxy) is 4. The molecule has 0 spiro atoms. The molecule has 1 saturated carbocycles. The van der Waals surface area contributed by atoms with Gasteiger partial charge in [-0.1, -0.05) is 42.5 Å². The monoisotopic (exact) mass is 581 g/mol. The minimum absolute atomic E-state index is 0.163. The third-order valence-corrected chi connectivity index (χ3v) is 7.56. The smallest absolute Gasteiger partial charge is 0.429 e. The van der Waals surface area contributed by atoms with Gasteiger partial charge >= 0.3 is 12.3 Å². The molecule has 1 aromatic heterocycles. The highest BCUT2D eigenvalue weighted by molar-refractivity contribution is 6.01. The maximum Gasteiger partial charge on any atom is 0.429 e.